The molecule has 2 aromatic heterocycles. The van der Waals surface area contributed by atoms with Crippen LogP contribution in [0.4, 0.5) is 5.69 Å². The molecule has 0 aliphatic heterocycles. The normalized spacial score (nSPS) is 10.9. The quantitative estimate of drug-likeness (QED) is 0.555. The van der Waals surface area contributed by atoms with Gasteiger partial charge in [0.25, 0.3) is 5.91 Å². The van der Waals surface area contributed by atoms with Crippen LogP contribution in [0.2, 0.25) is 5.02 Å². The summed E-state index contributed by atoms with van der Waals surface area (Å²) >= 11 is 6.54. The van der Waals surface area contributed by atoms with E-state index in [4.69, 9.17) is 11.6 Å². The van der Waals surface area contributed by atoms with Gasteiger partial charge in [-0.1, -0.05) is 35.9 Å². The zero-order valence-corrected chi connectivity index (χ0v) is 15.1. The SMILES string of the molecule is Cc1nn(-c2ccccc2)c2ncc(C(=O)Nc3cccc(O)c3)c(Cl)c12. The van der Waals surface area contributed by atoms with Crippen LogP contribution in [0.1, 0.15) is 16.1 Å². The van der Waals surface area contributed by atoms with E-state index < -0.39 is 5.91 Å². The Morgan fingerprint density at radius 3 is 2.67 bits per heavy atom. The first-order chi connectivity index (χ1) is 13.0. The number of halogens is 1. The molecular formula is C20H15ClN4O2. The summed E-state index contributed by atoms with van der Waals surface area (Å²) in [5.74, 6) is -0.348. The number of anilines is 1. The van der Waals surface area contributed by atoms with Gasteiger partial charge in [0.15, 0.2) is 5.65 Å². The van der Waals surface area contributed by atoms with Gasteiger partial charge in [-0.15, -0.1) is 0 Å². The number of aromatic nitrogens is 3. The molecule has 0 unspecified atom stereocenters. The van der Waals surface area contributed by atoms with E-state index in [9.17, 15) is 9.90 Å². The van der Waals surface area contributed by atoms with Gasteiger partial charge in [-0.3, -0.25) is 4.79 Å². The Balaban J connectivity index is 1.77. The molecule has 2 heterocycles. The molecule has 0 aliphatic carbocycles. The van der Waals surface area contributed by atoms with Crippen LogP contribution in [-0.2, 0) is 0 Å². The number of carbonyl (C=O) groups is 1. The summed E-state index contributed by atoms with van der Waals surface area (Å²) in [5, 5.41) is 17.7. The largest absolute Gasteiger partial charge is 0.508 e. The fraction of sp³-hybridized carbons (Fsp3) is 0.0500. The number of phenolic OH excluding ortho intramolecular Hbond substituents is 1. The smallest absolute Gasteiger partial charge is 0.258 e. The molecule has 0 saturated carbocycles. The molecule has 6 nitrogen and oxygen atoms in total. The number of para-hydroxylation sites is 1. The average Bonchev–Trinajstić information content (AvgIpc) is 3.00. The number of hydrogen-bond acceptors (Lipinski definition) is 4. The molecule has 0 spiro atoms. The summed E-state index contributed by atoms with van der Waals surface area (Å²) in [6, 6.07) is 15.9. The predicted octanol–water partition coefficient (Wildman–Crippen LogP) is 4.34. The van der Waals surface area contributed by atoms with Crippen LogP contribution in [0.5, 0.6) is 5.75 Å². The number of nitrogens with zero attached hydrogens (tertiary/aromatic N) is 3. The topological polar surface area (TPSA) is 80.0 Å². The maximum atomic E-state index is 12.6. The highest BCUT2D eigenvalue weighted by molar-refractivity contribution is 6.39. The number of aromatic hydroxyl groups is 1. The summed E-state index contributed by atoms with van der Waals surface area (Å²) in [4.78, 5) is 17.1. The zero-order chi connectivity index (χ0) is 19.0. The molecule has 0 atom stereocenters. The van der Waals surface area contributed by atoms with Crippen LogP contribution in [-0.4, -0.2) is 25.8 Å². The van der Waals surface area contributed by atoms with E-state index in [1.165, 1.54) is 18.3 Å². The van der Waals surface area contributed by atoms with Gasteiger partial charge in [0.05, 0.1) is 27.4 Å². The number of nitrogens with one attached hydrogen (secondary N) is 1. The minimum absolute atomic E-state index is 0.0625. The van der Waals surface area contributed by atoms with E-state index in [1.807, 2.05) is 37.3 Å². The lowest BCUT2D eigenvalue weighted by atomic mass is 10.2. The van der Waals surface area contributed by atoms with E-state index in [1.54, 1.807) is 16.8 Å². The third-order valence-electron chi connectivity index (χ3n) is 4.16. The van der Waals surface area contributed by atoms with Gasteiger partial charge in [0.2, 0.25) is 0 Å². The number of aryl methyl sites for hydroxylation is 1. The third-order valence-corrected chi connectivity index (χ3v) is 4.55. The molecule has 2 N–H and O–H groups in total. The van der Waals surface area contributed by atoms with E-state index in [-0.39, 0.29) is 16.3 Å². The van der Waals surface area contributed by atoms with Crippen LogP contribution in [0.15, 0.2) is 60.8 Å². The second kappa shape index (κ2) is 6.74. The molecule has 0 saturated heterocycles. The first-order valence-electron chi connectivity index (χ1n) is 8.24. The summed E-state index contributed by atoms with van der Waals surface area (Å²) in [6.45, 7) is 1.83. The fourth-order valence-electron chi connectivity index (χ4n) is 2.90. The van der Waals surface area contributed by atoms with Gasteiger partial charge in [-0.2, -0.15) is 5.10 Å². The molecule has 1 amide bonds. The standard InChI is InChI=1S/C20H15ClN4O2/c1-12-17-18(21)16(20(27)23-13-6-5-9-15(26)10-13)11-22-19(17)25(24-12)14-7-3-2-4-8-14/h2-11,26H,1H3,(H,23,27). The van der Waals surface area contributed by atoms with Crippen molar-refractivity contribution in [2.45, 2.75) is 6.92 Å². The van der Waals surface area contributed by atoms with Gasteiger partial charge in [-0.05, 0) is 31.2 Å². The van der Waals surface area contributed by atoms with E-state index in [0.29, 0.717) is 22.4 Å². The molecule has 2 aromatic carbocycles. The highest BCUT2D eigenvalue weighted by atomic mass is 35.5. The lowest BCUT2D eigenvalue weighted by Gasteiger charge is -2.08. The maximum Gasteiger partial charge on any atom is 0.258 e. The van der Waals surface area contributed by atoms with E-state index in [2.05, 4.69) is 15.4 Å². The van der Waals surface area contributed by atoms with Crippen molar-refractivity contribution < 1.29 is 9.90 Å². The molecule has 0 radical (unpaired) electrons. The predicted molar refractivity (Wildman–Crippen MR) is 105 cm³/mol. The number of pyridine rings is 1. The maximum absolute atomic E-state index is 12.6. The van der Waals surface area contributed by atoms with Crippen molar-refractivity contribution in [3.05, 3.63) is 77.1 Å². The average molecular weight is 379 g/mol. The Morgan fingerprint density at radius 2 is 1.93 bits per heavy atom. The summed E-state index contributed by atoms with van der Waals surface area (Å²) in [6.07, 6.45) is 1.43. The van der Waals surface area contributed by atoms with Crippen LogP contribution < -0.4 is 5.32 Å². The monoisotopic (exact) mass is 378 g/mol. The Kier molecular flexibility index (Phi) is 4.25. The van der Waals surface area contributed by atoms with Crippen molar-refractivity contribution in [2.75, 3.05) is 5.32 Å². The number of hydrogen-bond donors (Lipinski definition) is 2. The number of amides is 1. The lowest BCUT2D eigenvalue weighted by Crippen LogP contribution is -2.13. The van der Waals surface area contributed by atoms with Gasteiger partial charge in [0, 0.05) is 18.0 Å². The van der Waals surface area contributed by atoms with Crippen LogP contribution >= 0.6 is 11.6 Å². The first kappa shape index (κ1) is 17.1. The lowest BCUT2D eigenvalue weighted by molar-refractivity contribution is 0.102. The third kappa shape index (κ3) is 3.11. The van der Waals surface area contributed by atoms with Crippen molar-refractivity contribution in [3.8, 4) is 11.4 Å². The van der Waals surface area contributed by atoms with Crippen molar-refractivity contribution in [2.24, 2.45) is 0 Å². The minimum atomic E-state index is -0.410. The molecule has 4 aromatic rings. The first-order valence-corrected chi connectivity index (χ1v) is 8.62. The van der Waals surface area contributed by atoms with Gasteiger partial charge in [-0.25, -0.2) is 9.67 Å². The van der Waals surface area contributed by atoms with Crippen LogP contribution in [0.25, 0.3) is 16.7 Å². The molecule has 7 heteroatoms. The Hall–Kier alpha value is -3.38. The zero-order valence-electron chi connectivity index (χ0n) is 14.3. The number of benzene rings is 2. The minimum Gasteiger partial charge on any atom is -0.508 e. The molecule has 0 aliphatic rings. The van der Waals surface area contributed by atoms with E-state index in [0.717, 1.165) is 5.69 Å². The van der Waals surface area contributed by atoms with Gasteiger partial charge in [0.1, 0.15) is 5.75 Å². The highest BCUT2D eigenvalue weighted by Gasteiger charge is 2.20. The van der Waals surface area contributed by atoms with Gasteiger partial charge < -0.3 is 10.4 Å². The van der Waals surface area contributed by atoms with Gasteiger partial charge >= 0.3 is 0 Å². The summed E-state index contributed by atoms with van der Waals surface area (Å²) in [7, 11) is 0. The number of carbonyl (C=O) groups excluding carboxylic acids is 1. The summed E-state index contributed by atoms with van der Waals surface area (Å²) in [5.41, 5.74) is 2.82. The number of rotatable bonds is 3. The second-order valence-electron chi connectivity index (χ2n) is 6.02. The number of phenols is 1. The van der Waals surface area contributed by atoms with Crippen molar-refractivity contribution in [1.29, 1.82) is 0 Å². The van der Waals surface area contributed by atoms with Crippen LogP contribution in [0.3, 0.4) is 0 Å². The molecule has 0 fully saturated rings. The van der Waals surface area contributed by atoms with Crippen molar-refractivity contribution in [1.82, 2.24) is 14.8 Å². The second-order valence-corrected chi connectivity index (χ2v) is 6.40. The van der Waals surface area contributed by atoms with Crippen molar-refractivity contribution in [3.63, 3.8) is 0 Å². The van der Waals surface area contributed by atoms with Crippen molar-refractivity contribution >= 4 is 34.2 Å². The summed E-state index contributed by atoms with van der Waals surface area (Å²) < 4.78 is 1.70. The Morgan fingerprint density at radius 1 is 1.15 bits per heavy atom. The molecular weight excluding hydrogens is 364 g/mol. The molecule has 27 heavy (non-hydrogen) atoms. The Bertz CT molecular complexity index is 1160. The Labute approximate surface area is 160 Å². The number of fused-ring (bicyclic) bond motifs is 1. The molecule has 134 valence electrons. The highest BCUT2D eigenvalue weighted by Crippen LogP contribution is 2.30. The van der Waals surface area contributed by atoms with E-state index >= 15 is 0 Å². The van der Waals surface area contributed by atoms with Crippen LogP contribution in [0, 0.1) is 6.92 Å². The fourth-order valence-corrected chi connectivity index (χ4v) is 3.25. The molecule has 0 bridgehead atoms. The molecule has 4 rings (SSSR count).